The summed E-state index contributed by atoms with van der Waals surface area (Å²) in [6.07, 6.45) is -2.35. The van der Waals surface area contributed by atoms with Crippen molar-refractivity contribution in [2.24, 2.45) is 5.73 Å². The van der Waals surface area contributed by atoms with Crippen LogP contribution in [0.4, 0.5) is 13.2 Å². The molecule has 0 saturated carbocycles. The molecule has 0 amide bonds. The van der Waals surface area contributed by atoms with Gasteiger partial charge in [-0.15, -0.1) is 0 Å². The molecular weight excluding hydrogens is 247 g/mol. The van der Waals surface area contributed by atoms with E-state index in [4.69, 9.17) is 10.5 Å². The molecule has 0 spiro atoms. The van der Waals surface area contributed by atoms with Gasteiger partial charge in [0.1, 0.15) is 11.4 Å². The fourth-order valence-electron chi connectivity index (χ4n) is 1.63. The molecule has 0 atom stereocenters. The Morgan fingerprint density at radius 2 is 2.17 bits per heavy atom. The molecule has 0 unspecified atom stereocenters. The summed E-state index contributed by atoms with van der Waals surface area (Å²) in [4.78, 5) is 7.01. The molecule has 98 valence electrons. The highest BCUT2D eigenvalue weighted by molar-refractivity contribution is 5.83. The van der Waals surface area contributed by atoms with Crippen LogP contribution in [-0.2, 0) is 6.42 Å². The Hall–Kier alpha value is -1.76. The Morgan fingerprint density at radius 3 is 2.83 bits per heavy atom. The van der Waals surface area contributed by atoms with Gasteiger partial charge in [-0.25, -0.2) is 4.98 Å². The molecule has 0 aliphatic rings. The van der Waals surface area contributed by atoms with Crippen LogP contribution in [0.3, 0.4) is 0 Å². The molecule has 2 aromatic rings. The summed E-state index contributed by atoms with van der Waals surface area (Å²) < 4.78 is 41.1. The van der Waals surface area contributed by atoms with E-state index in [1.165, 1.54) is 12.3 Å². The molecule has 4 nitrogen and oxygen atoms in total. The predicted octanol–water partition coefficient (Wildman–Crippen LogP) is 2.01. The van der Waals surface area contributed by atoms with Gasteiger partial charge < -0.3 is 15.5 Å². The molecule has 0 bridgehead atoms. The number of halogens is 3. The highest BCUT2D eigenvalue weighted by atomic mass is 19.4. The molecule has 0 aliphatic carbocycles. The van der Waals surface area contributed by atoms with Gasteiger partial charge in [-0.1, -0.05) is 0 Å². The number of ether oxygens (including phenoxy) is 1. The van der Waals surface area contributed by atoms with Gasteiger partial charge in [0, 0.05) is 11.9 Å². The number of rotatable bonds is 4. The van der Waals surface area contributed by atoms with E-state index >= 15 is 0 Å². The Balaban J connectivity index is 2.27. The minimum Gasteiger partial charge on any atom is -0.483 e. The van der Waals surface area contributed by atoms with Crippen molar-refractivity contribution < 1.29 is 17.9 Å². The summed E-state index contributed by atoms with van der Waals surface area (Å²) >= 11 is 0. The molecule has 2 rings (SSSR count). The summed E-state index contributed by atoms with van der Waals surface area (Å²) in [5.41, 5.74) is 6.74. The maximum absolute atomic E-state index is 12.1. The van der Waals surface area contributed by atoms with Crippen LogP contribution in [0.15, 0.2) is 18.3 Å². The second-order valence-corrected chi connectivity index (χ2v) is 3.81. The molecular formula is C11H12F3N3O. The third-order valence-electron chi connectivity index (χ3n) is 2.35. The second-order valence-electron chi connectivity index (χ2n) is 3.81. The van der Waals surface area contributed by atoms with E-state index in [9.17, 15) is 13.2 Å². The van der Waals surface area contributed by atoms with Gasteiger partial charge in [-0.3, -0.25) is 0 Å². The minimum absolute atomic E-state index is 0.164. The van der Waals surface area contributed by atoms with Gasteiger partial charge in [0.15, 0.2) is 6.61 Å². The molecule has 0 saturated heterocycles. The SMILES string of the molecule is NCCc1cc2c(OCC(F)(F)F)ccnc2[nH]1. The van der Waals surface area contributed by atoms with Gasteiger partial charge in [-0.2, -0.15) is 13.2 Å². The number of alkyl halides is 3. The molecule has 0 aromatic carbocycles. The van der Waals surface area contributed by atoms with Gasteiger partial charge in [0.2, 0.25) is 0 Å². The van der Waals surface area contributed by atoms with Crippen LogP contribution >= 0.6 is 0 Å². The number of nitrogens with two attached hydrogens (primary N) is 1. The monoisotopic (exact) mass is 259 g/mol. The number of nitrogens with zero attached hydrogens (tertiary/aromatic N) is 1. The van der Waals surface area contributed by atoms with Crippen LogP contribution in [0, 0.1) is 0 Å². The molecule has 2 heterocycles. The van der Waals surface area contributed by atoms with E-state index in [-0.39, 0.29) is 5.75 Å². The zero-order valence-corrected chi connectivity index (χ0v) is 9.42. The number of nitrogens with one attached hydrogen (secondary N) is 1. The number of H-pyrrole nitrogens is 1. The summed E-state index contributed by atoms with van der Waals surface area (Å²) in [6.45, 7) is -0.866. The number of aromatic amines is 1. The van der Waals surface area contributed by atoms with Crippen molar-refractivity contribution in [1.82, 2.24) is 9.97 Å². The van der Waals surface area contributed by atoms with Crippen molar-refractivity contribution in [1.29, 1.82) is 0 Å². The summed E-state index contributed by atoms with van der Waals surface area (Å²) in [7, 11) is 0. The van der Waals surface area contributed by atoms with Crippen LogP contribution in [0.1, 0.15) is 5.69 Å². The lowest BCUT2D eigenvalue weighted by atomic mass is 10.2. The first kappa shape index (κ1) is 12.7. The van der Waals surface area contributed by atoms with E-state index < -0.39 is 12.8 Å². The number of aromatic nitrogens is 2. The first-order chi connectivity index (χ1) is 8.49. The minimum atomic E-state index is -4.36. The Bertz CT molecular complexity index is 536. The van der Waals surface area contributed by atoms with Crippen molar-refractivity contribution in [2.75, 3.05) is 13.2 Å². The molecule has 3 N–H and O–H groups in total. The quantitative estimate of drug-likeness (QED) is 0.882. The largest absolute Gasteiger partial charge is 0.483 e. The number of hydrogen-bond acceptors (Lipinski definition) is 3. The first-order valence-electron chi connectivity index (χ1n) is 5.36. The molecule has 0 aliphatic heterocycles. The molecule has 18 heavy (non-hydrogen) atoms. The Labute approximate surface area is 101 Å². The van der Waals surface area contributed by atoms with Crippen LogP contribution in [0.2, 0.25) is 0 Å². The van der Waals surface area contributed by atoms with Crippen molar-refractivity contribution in [3.05, 3.63) is 24.0 Å². The lowest BCUT2D eigenvalue weighted by Crippen LogP contribution is -2.19. The van der Waals surface area contributed by atoms with Gasteiger partial charge >= 0.3 is 6.18 Å². The van der Waals surface area contributed by atoms with Gasteiger partial charge in [-0.05, 0) is 25.1 Å². The lowest BCUT2D eigenvalue weighted by Gasteiger charge is -2.09. The van der Waals surface area contributed by atoms with Crippen LogP contribution in [0.5, 0.6) is 5.75 Å². The average Bonchev–Trinajstić information content (AvgIpc) is 2.68. The third-order valence-corrected chi connectivity index (χ3v) is 2.35. The lowest BCUT2D eigenvalue weighted by molar-refractivity contribution is -0.153. The van der Waals surface area contributed by atoms with Crippen molar-refractivity contribution in [2.45, 2.75) is 12.6 Å². The normalized spacial score (nSPS) is 12.0. The predicted molar refractivity (Wildman–Crippen MR) is 60.4 cm³/mol. The van der Waals surface area contributed by atoms with E-state index in [0.29, 0.717) is 24.0 Å². The van der Waals surface area contributed by atoms with Crippen molar-refractivity contribution in [3.8, 4) is 5.75 Å². The van der Waals surface area contributed by atoms with Crippen molar-refractivity contribution in [3.63, 3.8) is 0 Å². The first-order valence-corrected chi connectivity index (χ1v) is 5.36. The number of hydrogen-bond donors (Lipinski definition) is 2. The zero-order valence-electron chi connectivity index (χ0n) is 9.42. The van der Waals surface area contributed by atoms with Crippen molar-refractivity contribution >= 4 is 11.0 Å². The molecule has 0 radical (unpaired) electrons. The average molecular weight is 259 g/mol. The highest BCUT2D eigenvalue weighted by Gasteiger charge is 2.28. The maximum Gasteiger partial charge on any atom is 0.422 e. The number of pyridine rings is 1. The van der Waals surface area contributed by atoms with Crippen LogP contribution in [0.25, 0.3) is 11.0 Å². The summed E-state index contributed by atoms with van der Waals surface area (Å²) in [6, 6.07) is 3.12. The van der Waals surface area contributed by atoms with Gasteiger partial charge in [0.25, 0.3) is 0 Å². The molecule has 7 heteroatoms. The fourth-order valence-corrected chi connectivity index (χ4v) is 1.63. The fraction of sp³-hybridized carbons (Fsp3) is 0.364. The van der Waals surface area contributed by atoms with E-state index in [2.05, 4.69) is 9.97 Å². The maximum atomic E-state index is 12.1. The topological polar surface area (TPSA) is 63.9 Å². The Kier molecular flexibility index (Phi) is 3.42. The molecule has 0 fully saturated rings. The van der Waals surface area contributed by atoms with E-state index in [1.54, 1.807) is 6.07 Å². The Morgan fingerprint density at radius 1 is 1.39 bits per heavy atom. The third kappa shape index (κ3) is 2.92. The summed E-state index contributed by atoms with van der Waals surface area (Å²) in [5, 5.41) is 0.533. The smallest absolute Gasteiger partial charge is 0.422 e. The summed E-state index contributed by atoms with van der Waals surface area (Å²) in [5.74, 6) is 0.164. The molecule has 2 aromatic heterocycles. The zero-order chi connectivity index (χ0) is 13.2. The van der Waals surface area contributed by atoms with Gasteiger partial charge in [0.05, 0.1) is 5.39 Å². The van der Waals surface area contributed by atoms with Crippen LogP contribution in [-0.4, -0.2) is 29.3 Å². The van der Waals surface area contributed by atoms with E-state index in [0.717, 1.165) is 5.69 Å². The van der Waals surface area contributed by atoms with Crippen LogP contribution < -0.4 is 10.5 Å². The second kappa shape index (κ2) is 4.85. The number of fused-ring (bicyclic) bond motifs is 1. The highest BCUT2D eigenvalue weighted by Crippen LogP contribution is 2.26. The van der Waals surface area contributed by atoms with E-state index in [1.807, 2.05) is 0 Å². The standard InChI is InChI=1S/C11H12F3N3O/c12-11(13,14)6-18-9-2-4-16-10-8(9)5-7(17-10)1-3-15/h2,4-5H,1,3,6,15H2,(H,16,17).